The number of hydrogen-bond donors (Lipinski definition) is 4. The van der Waals surface area contributed by atoms with E-state index >= 15 is 0 Å². The van der Waals surface area contributed by atoms with E-state index < -0.39 is 35.9 Å². The molecule has 3 atom stereocenters. The number of para-hydroxylation sites is 1. The maximum Gasteiger partial charge on any atom is 0.252 e. The Morgan fingerprint density at radius 2 is 1.44 bits per heavy atom. The van der Waals surface area contributed by atoms with Gasteiger partial charge in [0.15, 0.2) is 6.10 Å². The maximum atomic E-state index is 13.1. The number of amides is 3. The van der Waals surface area contributed by atoms with E-state index in [2.05, 4.69) is 15.6 Å². The van der Waals surface area contributed by atoms with Crippen LogP contribution in [0.2, 0.25) is 0 Å². The third-order valence-corrected chi connectivity index (χ3v) is 5.79. The van der Waals surface area contributed by atoms with Crippen molar-refractivity contribution in [3.8, 4) is 0 Å². The summed E-state index contributed by atoms with van der Waals surface area (Å²) in [5, 5.41) is 17.2. The Morgan fingerprint density at radius 3 is 2.14 bits per heavy atom. The molecule has 0 saturated heterocycles. The zero-order valence-corrected chi connectivity index (χ0v) is 19.4. The van der Waals surface area contributed by atoms with Gasteiger partial charge in [0.25, 0.3) is 11.8 Å². The van der Waals surface area contributed by atoms with Gasteiger partial charge in [0.05, 0.1) is 11.6 Å². The van der Waals surface area contributed by atoms with E-state index in [1.54, 1.807) is 66.7 Å². The Bertz CT molecular complexity index is 1360. The molecule has 4 aromatic rings. The minimum Gasteiger partial charge on any atom is -0.381 e. The fraction of sp³-hybridized carbons (Fsp3) is 0.143. The molecule has 0 aliphatic rings. The number of nitrogens with one attached hydrogen (secondary N) is 2. The fourth-order valence-corrected chi connectivity index (χ4v) is 3.88. The average Bonchev–Trinajstić information content (AvgIpc) is 2.91. The fourth-order valence-electron chi connectivity index (χ4n) is 3.88. The van der Waals surface area contributed by atoms with E-state index in [-0.39, 0.29) is 6.42 Å². The number of carbonyl (C=O) groups is 3. The second-order valence-electron chi connectivity index (χ2n) is 8.34. The number of nitrogens with two attached hydrogens (primary N) is 1. The molecule has 4 rings (SSSR count). The molecule has 1 aromatic heterocycles. The lowest BCUT2D eigenvalue weighted by Gasteiger charge is -2.25. The quantitative estimate of drug-likeness (QED) is 0.290. The SMILES string of the molecule is NC(=O)[C@@H](Cc1ccc2ccccc2n1)NC(=O)[C@H](O)[C@@H](NC(=O)c1ccccc1)c1ccccc1. The summed E-state index contributed by atoms with van der Waals surface area (Å²) in [5.74, 6) is -2.07. The number of fused-ring (bicyclic) bond motifs is 1. The third kappa shape index (κ3) is 5.92. The topological polar surface area (TPSA) is 134 Å². The Morgan fingerprint density at radius 1 is 0.806 bits per heavy atom. The van der Waals surface area contributed by atoms with Gasteiger partial charge in [0, 0.05) is 23.1 Å². The van der Waals surface area contributed by atoms with Gasteiger partial charge in [0.2, 0.25) is 5.91 Å². The molecule has 0 unspecified atom stereocenters. The molecule has 3 amide bonds. The predicted octanol–water partition coefficient (Wildman–Crippen LogP) is 2.28. The zero-order chi connectivity index (χ0) is 25.5. The summed E-state index contributed by atoms with van der Waals surface area (Å²) < 4.78 is 0. The molecular weight excluding hydrogens is 456 g/mol. The molecule has 5 N–H and O–H groups in total. The number of nitrogens with zero attached hydrogens (tertiary/aromatic N) is 1. The number of aliphatic hydroxyl groups excluding tert-OH is 1. The minimum atomic E-state index is -1.69. The molecule has 0 spiro atoms. The molecule has 8 heteroatoms. The molecule has 0 aliphatic carbocycles. The predicted molar refractivity (Wildman–Crippen MR) is 136 cm³/mol. The highest BCUT2D eigenvalue weighted by atomic mass is 16.3. The molecule has 0 aliphatic heterocycles. The van der Waals surface area contributed by atoms with Crippen LogP contribution in [0, 0.1) is 0 Å². The second kappa shape index (κ2) is 11.2. The molecule has 0 fully saturated rings. The Labute approximate surface area is 208 Å². The molecule has 36 heavy (non-hydrogen) atoms. The van der Waals surface area contributed by atoms with E-state index in [4.69, 9.17) is 5.73 Å². The second-order valence-corrected chi connectivity index (χ2v) is 8.34. The number of primary amides is 1. The maximum absolute atomic E-state index is 13.1. The van der Waals surface area contributed by atoms with Crippen LogP contribution in [-0.4, -0.2) is 40.0 Å². The zero-order valence-electron chi connectivity index (χ0n) is 19.4. The van der Waals surface area contributed by atoms with E-state index in [0.29, 0.717) is 16.8 Å². The van der Waals surface area contributed by atoms with Gasteiger partial charge in [0.1, 0.15) is 6.04 Å². The first-order valence-corrected chi connectivity index (χ1v) is 11.5. The number of pyridine rings is 1. The first-order valence-electron chi connectivity index (χ1n) is 11.5. The van der Waals surface area contributed by atoms with Crippen molar-refractivity contribution < 1.29 is 19.5 Å². The summed E-state index contributed by atoms with van der Waals surface area (Å²) in [6.45, 7) is 0. The van der Waals surface area contributed by atoms with Crippen molar-refractivity contribution in [2.45, 2.75) is 24.6 Å². The summed E-state index contributed by atoms with van der Waals surface area (Å²) in [6, 6.07) is 26.1. The van der Waals surface area contributed by atoms with Crippen LogP contribution in [-0.2, 0) is 16.0 Å². The summed E-state index contributed by atoms with van der Waals surface area (Å²) >= 11 is 0. The molecule has 0 saturated carbocycles. The van der Waals surface area contributed by atoms with Crippen molar-refractivity contribution in [1.82, 2.24) is 15.6 Å². The molecule has 1 heterocycles. The van der Waals surface area contributed by atoms with E-state index in [1.165, 1.54) is 0 Å². The van der Waals surface area contributed by atoms with Crippen LogP contribution >= 0.6 is 0 Å². The minimum absolute atomic E-state index is 0.0466. The first kappa shape index (κ1) is 24.6. The van der Waals surface area contributed by atoms with Gasteiger partial charge in [-0.1, -0.05) is 72.8 Å². The van der Waals surface area contributed by atoms with Crippen molar-refractivity contribution in [3.05, 3.63) is 114 Å². The molecule has 8 nitrogen and oxygen atoms in total. The number of aromatic nitrogens is 1. The van der Waals surface area contributed by atoms with Crippen molar-refractivity contribution in [3.63, 3.8) is 0 Å². The Balaban J connectivity index is 1.52. The lowest BCUT2D eigenvalue weighted by atomic mass is 9.99. The number of rotatable bonds is 9. The summed E-state index contributed by atoms with van der Waals surface area (Å²) in [5.41, 5.74) is 7.77. The van der Waals surface area contributed by atoms with Crippen LogP contribution in [0.4, 0.5) is 0 Å². The average molecular weight is 483 g/mol. The van der Waals surface area contributed by atoms with Crippen molar-refractivity contribution >= 4 is 28.6 Å². The molecule has 3 aromatic carbocycles. The van der Waals surface area contributed by atoms with Crippen molar-refractivity contribution in [2.75, 3.05) is 0 Å². The standard InChI is InChI=1S/C28H26N4O4/c29-26(34)23(17-21-16-15-18-9-7-8-14-22(18)30-21)31-28(36)25(33)24(19-10-3-1-4-11-19)32-27(35)20-12-5-2-6-13-20/h1-16,23-25,33H,17H2,(H2,29,34)(H,31,36)(H,32,35)/t23-,24+,25-/m1/s1. The van der Waals surface area contributed by atoms with Crippen LogP contribution in [0.1, 0.15) is 27.7 Å². The summed E-state index contributed by atoms with van der Waals surface area (Å²) in [7, 11) is 0. The van der Waals surface area contributed by atoms with Gasteiger partial charge in [-0.3, -0.25) is 19.4 Å². The number of aliphatic hydroxyl groups is 1. The normalized spacial score (nSPS) is 13.4. The van der Waals surface area contributed by atoms with E-state index in [9.17, 15) is 19.5 Å². The highest BCUT2D eigenvalue weighted by molar-refractivity contribution is 5.95. The highest BCUT2D eigenvalue weighted by Crippen LogP contribution is 2.19. The van der Waals surface area contributed by atoms with Crippen LogP contribution in [0.5, 0.6) is 0 Å². The van der Waals surface area contributed by atoms with Crippen molar-refractivity contribution in [1.29, 1.82) is 0 Å². The monoisotopic (exact) mass is 482 g/mol. The molecule has 182 valence electrons. The summed E-state index contributed by atoms with van der Waals surface area (Å²) in [6.07, 6.45) is -1.64. The lowest BCUT2D eigenvalue weighted by Crippen LogP contribution is -2.52. The van der Waals surface area contributed by atoms with Crippen LogP contribution in [0.25, 0.3) is 10.9 Å². The van der Waals surface area contributed by atoms with Gasteiger partial charge in [-0.2, -0.15) is 0 Å². The number of hydrogen-bond acceptors (Lipinski definition) is 5. The van der Waals surface area contributed by atoms with Crippen molar-refractivity contribution in [2.24, 2.45) is 5.73 Å². The van der Waals surface area contributed by atoms with E-state index in [0.717, 1.165) is 10.9 Å². The largest absolute Gasteiger partial charge is 0.381 e. The van der Waals surface area contributed by atoms with Gasteiger partial charge in [-0.25, -0.2) is 0 Å². The van der Waals surface area contributed by atoms with Gasteiger partial charge >= 0.3 is 0 Å². The smallest absolute Gasteiger partial charge is 0.252 e. The van der Waals surface area contributed by atoms with Crippen LogP contribution in [0.15, 0.2) is 97.1 Å². The molecule has 0 radical (unpaired) electrons. The van der Waals surface area contributed by atoms with Gasteiger partial charge in [-0.05, 0) is 29.8 Å². The lowest BCUT2D eigenvalue weighted by molar-refractivity contribution is -0.134. The summed E-state index contributed by atoms with van der Waals surface area (Å²) in [4.78, 5) is 42.5. The van der Waals surface area contributed by atoms with Gasteiger partial charge < -0.3 is 21.5 Å². The van der Waals surface area contributed by atoms with E-state index in [1.807, 2.05) is 30.3 Å². The van der Waals surface area contributed by atoms with Crippen LogP contribution in [0.3, 0.4) is 0 Å². The number of benzene rings is 3. The third-order valence-electron chi connectivity index (χ3n) is 5.79. The first-order chi connectivity index (χ1) is 17.4. The Kier molecular flexibility index (Phi) is 7.67. The Hall–Kier alpha value is -4.56. The molecule has 0 bridgehead atoms. The number of carbonyl (C=O) groups excluding carboxylic acids is 3. The highest BCUT2D eigenvalue weighted by Gasteiger charge is 2.32. The van der Waals surface area contributed by atoms with Crippen LogP contribution < -0.4 is 16.4 Å². The van der Waals surface area contributed by atoms with Gasteiger partial charge in [-0.15, -0.1) is 0 Å². The molecular formula is C28H26N4O4.